The van der Waals surface area contributed by atoms with Crippen LogP contribution < -0.4 is 10.2 Å². The van der Waals surface area contributed by atoms with Gasteiger partial charge < -0.3 is 25.0 Å². The summed E-state index contributed by atoms with van der Waals surface area (Å²) in [5, 5.41) is 9.95. The second-order valence-corrected chi connectivity index (χ2v) is 8.35. The molecule has 1 aromatic rings. The molecule has 3 fully saturated rings. The predicted octanol–water partition coefficient (Wildman–Crippen LogP) is 1.14. The van der Waals surface area contributed by atoms with Gasteiger partial charge in [-0.1, -0.05) is 0 Å². The normalized spacial score (nSPS) is 26.9. The molecule has 9 nitrogen and oxygen atoms in total. The standard InChI is InChI=1S/C21H30N4O3.CH2O2/c1-28-10-7-20(26)23-12-19-16-11-15(18-3-2-4-21(27)25(18)19)13-24(14-16)17-5-8-22-9-6-17;2-1-3/h5-6,8-9,15-16,18-19H,2-4,7,10-14H2,1H3,(H,23,26);1H,(H,2,3)/t15-,16+,18+,19+;/m1./s1. The van der Waals surface area contributed by atoms with Crippen molar-refractivity contribution in [3.63, 3.8) is 0 Å². The summed E-state index contributed by atoms with van der Waals surface area (Å²) < 4.78 is 5.00. The van der Waals surface area contributed by atoms with Gasteiger partial charge in [-0.15, -0.1) is 0 Å². The molecule has 2 N–H and O–H groups in total. The average molecular weight is 433 g/mol. The van der Waals surface area contributed by atoms with Crippen LogP contribution in [0.1, 0.15) is 32.1 Å². The number of amides is 2. The van der Waals surface area contributed by atoms with Crippen molar-refractivity contribution in [2.45, 2.75) is 44.2 Å². The van der Waals surface area contributed by atoms with Crippen LogP contribution >= 0.6 is 0 Å². The van der Waals surface area contributed by atoms with Crippen molar-refractivity contribution in [1.82, 2.24) is 15.2 Å². The number of hydrogen-bond donors (Lipinski definition) is 2. The van der Waals surface area contributed by atoms with Crippen LogP contribution in [0.2, 0.25) is 0 Å². The lowest BCUT2D eigenvalue weighted by Crippen LogP contribution is -2.67. The second kappa shape index (κ2) is 11.1. The van der Waals surface area contributed by atoms with E-state index in [1.54, 1.807) is 7.11 Å². The largest absolute Gasteiger partial charge is 0.483 e. The minimum Gasteiger partial charge on any atom is -0.483 e. The number of carbonyl (C=O) groups is 3. The maximum atomic E-state index is 12.8. The van der Waals surface area contributed by atoms with Crippen LogP contribution in [0.5, 0.6) is 0 Å². The topological polar surface area (TPSA) is 112 Å². The van der Waals surface area contributed by atoms with Crippen LogP contribution in [0.3, 0.4) is 0 Å². The highest BCUT2D eigenvalue weighted by atomic mass is 16.5. The molecule has 0 aliphatic carbocycles. The summed E-state index contributed by atoms with van der Waals surface area (Å²) in [6, 6.07) is 4.49. The highest BCUT2D eigenvalue weighted by Gasteiger charge is 2.49. The molecule has 2 bridgehead atoms. The number of ether oxygens (including phenoxy) is 1. The number of nitrogens with one attached hydrogen (secondary N) is 1. The minimum absolute atomic E-state index is 0.00761. The van der Waals surface area contributed by atoms with Crippen LogP contribution in [-0.2, 0) is 19.1 Å². The fourth-order valence-electron chi connectivity index (χ4n) is 5.30. The Morgan fingerprint density at radius 2 is 2.03 bits per heavy atom. The molecule has 0 saturated carbocycles. The van der Waals surface area contributed by atoms with E-state index in [4.69, 9.17) is 14.6 Å². The number of hydrogen-bond acceptors (Lipinski definition) is 6. The third kappa shape index (κ3) is 5.52. The molecule has 1 aromatic heterocycles. The number of fused-ring (bicyclic) bond motifs is 4. The molecule has 3 aliphatic heterocycles. The number of piperidine rings is 3. The summed E-state index contributed by atoms with van der Waals surface area (Å²) in [7, 11) is 1.60. The lowest BCUT2D eigenvalue weighted by atomic mass is 9.72. The number of aromatic nitrogens is 1. The molecular weight excluding hydrogens is 400 g/mol. The van der Waals surface area contributed by atoms with Crippen molar-refractivity contribution >= 4 is 24.0 Å². The number of carbonyl (C=O) groups excluding carboxylic acids is 2. The molecule has 9 heteroatoms. The SMILES string of the molecule is COCCC(=O)NC[C@H]1[C@H]2C[C@H](CN(c3ccncc3)C2)[C@@H]2CCCC(=O)N21.O=CO. The first-order valence-corrected chi connectivity index (χ1v) is 10.9. The number of rotatable bonds is 6. The van der Waals surface area contributed by atoms with Gasteiger partial charge >= 0.3 is 0 Å². The zero-order valence-corrected chi connectivity index (χ0v) is 18.0. The molecule has 4 rings (SSSR count). The summed E-state index contributed by atoms with van der Waals surface area (Å²) in [5.41, 5.74) is 1.20. The van der Waals surface area contributed by atoms with Gasteiger partial charge in [0.15, 0.2) is 0 Å². The van der Waals surface area contributed by atoms with Crippen LogP contribution in [0.4, 0.5) is 5.69 Å². The van der Waals surface area contributed by atoms with Gasteiger partial charge in [-0.25, -0.2) is 0 Å². The summed E-state index contributed by atoms with van der Waals surface area (Å²) in [6.07, 6.45) is 7.85. The number of nitrogens with zero attached hydrogens (tertiary/aromatic N) is 3. The van der Waals surface area contributed by atoms with Crippen LogP contribution in [0.25, 0.3) is 0 Å². The van der Waals surface area contributed by atoms with E-state index < -0.39 is 0 Å². The van der Waals surface area contributed by atoms with E-state index in [2.05, 4.69) is 32.2 Å². The highest BCUT2D eigenvalue weighted by molar-refractivity contribution is 5.79. The fraction of sp³-hybridized carbons (Fsp3) is 0.636. The lowest BCUT2D eigenvalue weighted by Gasteiger charge is -2.57. The smallest absolute Gasteiger partial charge is 0.290 e. The zero-order chi connectivity index (χ0) is 22.2. The molecule has 4 heterocycles. The van der Waals surface area contributed by atoms with Gasteiger partial charge in [0, 0.05) is 63.7 Å². The van der Waals surface area contributed by atoms with E-state index in [1.807, 2.05) is 12.4 Å². The Morgan fingerprint density at radius 3 is 2.74 bits per heavy atom. The summed E-state index contributed by atoms with van der Waals surface area (Å²) >= 11 is 0. The van der Waals surface area contributed by atoms with E-state index in [9.17, 15) is 9.59 Å². The molecule has 2 amide bonds. The summed E-state index contributed by atoms with van der Waals surface area (Å²) in [5.74, 6) is 1.12. The van der Waals surface area contributed by atoms with Gasteiger partial charge in [0.25, 0.3) is 6.47 Å². The Labute approximate surface area is 182 Å². The molecule has 0 unspecified atom stereocenters. The molecular formula is C22H32N4O5. The molecule has 0 spiro atoms. The quantitative estimate of drug-likeness (QED) is 0.648. The zero-order valence-electron chi connectivity index (χ0n) is 18.0. The molecule has 3 saturated heterocycles. The van der Waals surface area contributed by atoms with Crippen molar-refractivity contribution in [2.75, 3.05) is 38.3 Å². The Morgan fingerprint density at radius 1 is 1.32 bits per heavy atom. The average Bonchev–Trinajstić information content (AvgIpc) is 2.79. The summed E-state index contributed by atoms with van der Waals surface area (Å²) in [6.45, 7) is 2.60. The Balaban J connectivity index is 0.000000858. The van der Waals surface area contributed by atoms with Crippen molar-refractivity contribution in [3.05, 3.63) is 24.5 Å². The number of methoxy groups -OCH3 is 1. The Hall–Kier alpha value is -2.68. The van der Waals surface area contributed by atoms with E-state index in [0.717, 1.165) is 32.4 Å². The Bertz CT molecular complexity index is 747. The maximum Gasteiger partial charge on any atom is 0.290 e. The summed E-state index contributed by atoms with van der Waals surface area (Å²) in [4.78, 5) is 42.0. The molecule has 4 atom stereocenters. The fourth-order valence-corrected chi connectivity index (χ4v) is 5.30. The number of anilines is 1. The van der Waals surface area contributed by atoms with Crippen LogP contribution in [-0.4, -0.2) is 78.7 Å². The van der Waals surface area contributed by atoms with Gasteiger partial charge in [-0.05, 0) is 43.2 Å². The van der Waals surface area contributed by atoms with E-state index in [1.165, 1.54) is 5.69 Å². The molecule has 0 aromatic carbocycles. The van der Waals surface area contributed by atoms with Crippen LogP contribution in [0.15, 0.2) is 24.5 Å². The third-order valence-electron chi connectivity index (χ3n) is 6.57. The monoisotopic (exact) mass is 432 g/mol. The lowest BCUT2D eigenvalue weighted by molar-refractivity contribution is -0.149. The molecule has 170 valence electrons. The van der Waals surface area contributed by atoms with Gasteiger partial charge in [0.05, 0.1) is 12.6 Å². The van der Waals surface area contributed by atoms with Gasteiger partial charge in [0.1, 0.15) is 0 Å². The first kappa shape index (κ1) is 23.0. The Kier molecular flexibility index (Phi) is 8.22. The predicted molar refractivity (Wildman–Crippen MR) is 115 cm³/mol. The van der Waals surface area contributed by atoms with Crippen molar-refractivity contribution in [3.8, 4) is 0 Å². The first-order valence-electron chi connectivity index (χ1n) is 10.9. The van der Waals surface area contributed by atoms with Gasteiger partial charge in [-0.2, -0.15) is 0 Å². The van der Waals surface area contributed by atoms with Gasteiger partial charge in [-0.3, -0.25) is 19.4 Å². The first-order chi connectivity index (χ1) is 15.1. The van der Waals surface area contributed by atoms with E-state index in [-0.39, 0.29) is 24.3 Å². The van der Waals surface area contributed by atoms with Crippen molar-refractivity contribution in [1.29, 1.82) is 0 Å². The van der Waals surface area contributed by atoms with Crippen molar-refractivity contribution in [2.24, 2.45) is 11.8 Å². The third-order valence-corrected chi connectivity index (χ3v) is 6.57. The number of carboxylic acid groups (broad SMARTS) is 1. The minimum atomic E-state index is -0.250. The van der Waals surface area contributed by atoms with Crippen LogP contribution in [0, 0.1) is 11.8 Å². The van der Waals surface area contributed by atoms with Crippen molar-refractivity contribution < 1.29 is 24.2 Å². The maximum absolute atomic E-state index is 12.8. The van der Waals surface area contributed by atoms with E-state index >= 15 is 0 Å². The highest BCUT2D eigenvalue weighted by Crippen LogP contribution is 2.42. The number of pyridine rings is 1. The second-order valence-electron chi connectivity index (χ2n) is 8.35. The molecule has 0 radical (unpaired) electrons. The van der Waals surface area contributed by atoms with E-state index in [0.29, 0.717) is 43.9 Å². The molecule has 3 aliphatic rings. The van der Waals surface area contributed by atoms with Gasteiger partial charge in [0.2, 0.25) is 11.8 Å². The molecule has 31 heavy (non-hydrogen) atoms.